The van der Waals surface area contributed by atoms with Crippen molar-refractivity contribution in [2.24, 2.45) is 5.10 Å². The first-order chi connectivity index (χ1) is 17.9. The number of pyridine rings is 1. The van der Waals surface area contributed by atoms with E-state index in [1.54, 1.807) is 31.4 Å². The Morgan fingerprint density at radius 2 is 1.89 bits per heavy atom. The third-order valence-electron chi connectivity index (χ3n) is 5.88. The number of nitrogens with one attached hydrogen (secondary N) is 1. The zero-order chi connectivity index (χ0) is 26.4. The van der Waals surface area contributed by atoms with Crippen molar-refractivity contribution in [3.05, 3.63) is 89.2 Å². The van der Waals surface area contributed by atoms with Crippen LogP contribution in [0.25, 0.3) is 0 Å². The lowest BCUT2D eigenvalue weighted by atomic mass is 10.0. The quantitative estimate of drug-likeness (QED) is 0.448. The van der Waals surface area contributed by atoms with Gasteiger partial charge in [-0.1, -0.05) is 42.8 Å². The second-order valence-corrected chi connectivity index (χ2v) is 8.41. The summed E-state index contributed by atoms with van der Waals surface area (Å²) in [4.78, 5) is 30.4. The topological polar surface area (TPSA) is 102 Å². The van der Waals surface area contributed by atoms with Crippen molar-refractivity contribution in [1.29, 1.82) is 0 Å². The second-order valence-electron chi connectivity index (χ2n) is 8.41. The standard InChI is InChI=1S/C28H30N4O5/c1-5-22-25(20-14-15-23(35-4)24(17-20)36-6-2)31-32(28(34)37-22)26(19-12-10-18(3)11-13-19)30-27(33)21-9-7-8-16-29-21/h7-17,22,26H,5-6H2,1-4H3,(H,30,33). The van der Waals surface area contributed by atoms with Crippen LogP contribution in [0.1, 0.15) is 53.6 Å². The van der Waals surface area contributed by atoms with E-state index >= 15 is 0 Å². The summed E-state index contributed by atoms with van der Waals surface area (Å²) in [6.45, 7) is 6.22. The zero-order valence-corrected chi connectivity index (χ0v) is 21.3. The number of ether oxygens (including phenoxy) is 3. The van der Waals surface area contributed by atoms with Gasteiger partial charge in [0, 0.05) is 11.8 Å². The van der Waals surface area contributed by atoms with Crippen molar-refractivity contribution in [2.45, 2.75) is 39.5 Å². The minimum atomic E-state index is -0.931. The van der Waals surface area contributed by atoms with Crippen LogP contribution in [-0.2, 0) is 4.74 Å². The van der Waals surface area contributed by atoms with E-state index in [0.29, 0.717) is 41.4 Å². The second kappa shape index (κ2) is 11.6. The van der Waals surface area contributed by atoms with Crippen molar-refractivity contribution >= 4 is 17.7 Å². The summed E-state index contributed by atoms with van der Waals surface area (Å²) in [6.07, 6.45) is -0.116. The monoisotopic (exact) mass is 502 g/mol. The number of benzene rings is 2. The molecule has 2 unspecified atom stereocenters. The highest BCUT2D eigenvalue weighted by molar-refractivity contribution is 6.06. The number of methoxy groups -OCH3 is 1. The van der Waals surface area contributed by atoms with Crippen molar-refractivity contribution in [2.75, 3.05) is 13.7 Å². The highest BCUT2D eigenvalue weighted by atomic mass is 16.6. The van der Waals surface area contributed by atoms with Gasteiger partial charge in [-0.3, -0.25) is 9.78 Å². The molecule has 0 aliphatic carbocycles. The van der Waals surface area contributed by atoms with Crippen LogP contribution in [0.5, 0.6) is 11.5 Å². The Morgan fingerprint density at radius 1 is 1.11 bits per heavy atom. The van der Waals surface area contributed by atoms with Gasteiger partial charge in [0.1, 0.15) is 17.5 Å². The van der Waals surface area contributed by atoms with Crippen molar-refractivity contribution in [3.63, 3.8) is 0 Å². The minimum absolute atomic E-state index is 0.220. The lowest BCUT2D eigenvalue weighted by molar-refractivity contribution is 0.0492. The predicted molar refractivity (Wildman–Crippen MR) is 139 cm³/mol. The molecular formula is C28H30N4O5. The largest absolute Gasteiger partial charge is 0.493 e. The normalized spacial score (nSPS) is 15.9. The van der Waals surface area contributed by atoms with E-state index in [0.717, 1.165) is 10.6 Å². The number of hydrazone groups is 1. The fourth-order valence-electron chi connectivity index (χ4n) is 3.97. The fourth-order valence-corrected chi connectivity index (χ4v) is 3.97. The smallest absolute Gasteiger partial charge is 0.433 e. The number of hydrogen-bond donors (Lipinski definition) is 1. The number of amides is 2. The van der Waals surface area contributed by atoms with Crippen LogP contribution >= 0.6 is 0 Å². The molecule has 0 bridgehead atoms. The van der Waals surface area contributed by atoms with E-state index in [9.17, 15) is 9.59 Å². The first kappa shape index (κ1) is 25.7. The van der Waals surface area contributed by atoms with Gasteiger partial charge < -0.3 is 19.5 Å². The molecule has 37 heavy (non-hydrogen) atoms. The van der Waals surface area contributed by atoms with E-state index < -0.39 is 24.3 Å². The van der Waals surface area contributed by atoms with E-state index in [1.165, 1.54) is 6.20 Å². The Kier molecular flexibility index (Phi) is 8.02. The number of hydrogen-bond acceptors (Lipinski definition) is 7. The molecule has 0 radical (unpaired) electrons. The molecule has 3 aromatic rings. The molecule has 2 heterocycles. The molecule has 0 fully saturated rings. The minimum Gasteiger partial charge on any atom is -0.493 e. The molecule has 1 aliphatic heterocycles. The van der Waals surface area contributed by atoms with Gasteiger partial charge in [0.15, 0.2) is 17.7 Å². The zero-order valence-electron chi connectivity index (χ0n) is 21.3. The van der Waals surface area contributed by atoms with Gasteiger partial charge in [-0.2, -0.15) is 10.1 Å². The maximum absolute atomic E-state index is 13.2. The first-order valence-corrected chi connectivity index (χ1v) is 12.1. The predicted octanol–water partition coefficient (Wildman–Crippen LogP) is 4.86. The Morgan fingerprint density at radius 3 is 2.54 bits per heavy atom. The van der Waals surface area contributed by atoms with Crippen LogP contribution in [0.3, 0.4) is 0 Å². The summed E-state index contributed by atoms with van der Waals surface area (Å²) in [7, 11) is 1.57. The molecule has 2 atom stereocenters. The Bertz CT molecular complexity index is 1280. The average Bonchev–Trinajstić information content (AvgIpc) is 2.93. The van der Waals surface area contributed by atoms with Gasteiger partial charge in [0.2, 0.25) is 0 Å². The van der Waals surface area contributed by atoms with Crippen LogP contribution in [0.15, 0.2) is 72.0 Å². The van der Waals surface area contributed by atoms with Crippen LogP contribution < -0.4 is 14.8 Å². The summed E-state index contributed by atoms with van der Waals surface area (Å²) in [5.74, 6) is 0.697. The molecule has 9 nitrogen and oxygen atoms in total. The third kappa shape index (κ3) is 5.72. The lowest BCUT2D eigenvalue weighted by Gasteiger charge is -2.34. The lowest BCUT2D eigenvalue weighted by Crippen LogP contribution is -2.48. The fraction of sp³-hybridized carbons (Fsp3) is 0.286. The molecule has 1 aromatic heterocycles. The molecule has 1 aliphatic rings. The first-order valence-electron chi connectivity index (χ1n) is 12.1. The number of carbonyl (C=O) groups is 2. The van der Waals surface area contributed by atoms with Crippen molar-refractivity contribution in [1.82, 2.24) is 15.3 Å². The Balaban J connectivity index is 1.78. The van der Waals surface area contributed by atoms with E-state index in [-0.39, 0.29) is 5.69 Å². The Labute approximate surface area is 216 Å². The number of aryl methyl sites for hydroxylation is 1. The van der Waals surface area contributed by atoms with Crippen LogP contribution in [0.4, 0.5) is 4.79 Å². The molecule has 0 spiro atoms. The van der Waals surface area contributed by atoms with Crippen LogP contribution in [0, 0.1) is 6.92 Å². The average molecular weight is 503 g/mol. The van der Waals surface area contributed by atoms with Gasteiger partial charge in [-0.15, -0.1) is 0 Å². The number of aromatic nitrogens is 1. The summed E-state index contributed by atoms with van der Waals surface area (Å²) >= 11 is 0. The van der Waals surface area contributed by atoms with Crippen molar-refractivity contribution in [3.8, 4) is 11.5 Å². The summed E-state index contributed by atoms with van der Waals surface area (Å²) < 4.78 is 17.0. The molecule has 0 saturated heterocycles. The van der Waals surface area contributed by atoms with Gasteiger partial charge in [0.25, 0.3) is 5.91 Å². The molecule has 4 rings (SSSR count). The van der Waals surface area contributed by atoms with Crippen molar-refractivity contribution < 1.29 is 23.8 Å². The Hall–Kier alpha value is -4.40. The molecule has 0 saturated carbocycles. The molecule has 2 aromatic carbocycles. The summed E-state index contributed by atoms with van der Waals surface area (Å²) in [6, 6.07) is 18.0. The van der Waals surface area contributed by atoms with E-state index in [1.807, 2.05) is 57.2 Å². The molecule has 192 valence electrons. The molecule has 2 amide bonds. The van der Waals surface area contributed by atoms with Crippen LogP contribution in [0.2, 0.25) is 0 Å². The molecule has 1 N–H and O–H groups in total. The maximum Gasteiger partial charge on any atom is 0.433 e. The maximum atomic E-state index is 13.2. The van der Waals surface area contributed by atoms with Gasteiger partial charge >= 0.3 is 6.09 Å². The number of nitrogens with zero attached hydrogens (tertiary/aromatic N) is 3. The van der Waals surface area contributed by atoms with E-state index in [4.69, 9.17) is 19.3 Å². The van der Waals surface area contributed by atoms with Crippen LogP contribution in [-0.4, -0.2) is 47.5 Å². The highest BCUT2D eigenvalue weighted by Gasteiger charge is 2.37. The third-order valence-corrected chi connectivity index (χ3v) is 5.88. The van der Waals surface area contributed by atoms with E-state index in [2.05, 4.69) is 10.3 Å². The molecule has 9 heteroatoms. The SMILES string of the molecule is CCOc1cc(C2=NN(C(NC(=O)c3ccccn3)c3ccc(C)cc3)C(=O)OC2CC)ccc1OC. The van der Waals surface area contributed by atoms with Gasteiger partial charge in [0.05, 0.1) is 13.7 Å². The number of cyclic esters (lactones) is 1. The number of carbonyl (C=O) groups excluding carboxylic acids is 2. The van der Waals surface area contributed by atoms with Gasteiger partial charge in [-0.05, 0) is 56.2 Å². The summed E-state index contributed by atoms with van der Waals surface area (Å²) in [5.41, 5.74) is 3.17. The summed E-state index contributed by atoms with van der Waals surface area (Å²) in [5, 5.41) is 8.79. The number of rotatable bonds is 9. The van der Waals surface area contributed by atoms with Gasteiger partial charge in [-0.25, -0.2) is 4.79 Å². The molecular weight excluding hydrogens is 472 g/mol. The highest BCUT2D eigenvalue weighted by Crippen LogP contribution is 2.32.